The van der Waals surface area contributed by atoms with Gasteiger partial charge in [-0.3, -0.25) is 4.79 Å². The van der Waals surface area contributed by atoms with E-state index in [9.17, 15) is 13.6 Å². The van der Waals surface area contributed by atoms with Crippen LogP contribution >= 0.6 is 12.4 Å². The Hall–Kier alpha value is -0.460. The average Bonchev–Trinajstić information content (AvgIpc) is 2.44. The van der Waals surface area contributed by atoms with E-state index in [4.69, 9.17) is 10.5 Å². The van der Waals surface area contributed by atoms with E-state index in [0.717, 1.165) is 25.7 Å². The lowest BCUT2D eigenvalue weighted by molar-refractivity contribution is -0.136. The van der Waals surface area contributed by atoms with Crippen LogP contribution in [0.4, 0.5) is 8.78 Å². The molecule has 0 spiro atoms. The number of rotatable bonds is 8. The fourth-order valence-electron chi connectivity index (χ4n) is 2.87. The molecule has 0 saturated heterocycles. The van der Waals surface area contributed by atoms with Crippen LogP contribution in [0.3, 0.4) is 0 Å². The lowest BCUT2D eigenvalue weighted by Crippen LogP contribution is -2.43. The van der Waals surface area contributed by atoms with E-state index in [0.29, 0.717) is 6.54 Å². The van der Waals surface area contributed by atoms with Crippen LogP contribution < -0.4 is 5.73 Å². The molecule has 0 bridgehead atoms. The lowest BCUT2D eigenvalue weighted by Gasteiger charge is -2.37. The standard InChI is InChI=1S/C14H26F2N2O2.ClH/c1-20-8-7-18(10-12(15)16)13(19)9-14(11-17)5-3-2-4-6-14;/h12H,2-11,17H2,1H3;1H. The SMILES string of the molecule is COCCN(CC(F)F)C(=O)CC1(CN)CCCCC1.Cl. The minimum absolute atomic E-state index is 0. The molecule has 0 atom stereocenters. The molecule has 1 rings (SSSR count). The van der Waals surface area contributed by atoms with E-state index in [1.165, 1.54) is 18.4 Å². The Morgan fingerprint density at radius 3 is 2.43 bits per heavy atom. The highest BCUT2D eigenvalue weighted by atomic mass is 35.5. The van der Waals surface area contributed by atoms with Gasteiger partial charge in [0.2, 0.25) is 5.91 Å². The fraction of sp³-hybridized carbons (Fsp3) is 0.929. The van der Waals surface area contributed by atoms with Gasteiger partial charge in [-0.2, -0.15) is 0 Å². The van der Waals surface area contributed by atoms with Crippen molar-refractivity contribution in [2.24, 2.45) is 11.1 Å². The van der Waals surface area contributed by atoms with Gasteiger partial charge in [-0.05, 0) is 24.8 Å². The summed E-state index contributed by atoms with van der Waals surface area (Å²) in [4.78, 5) is 13.5. The zero-order chi connectivity index (χ0) is 15.0. The number of halogens is 3. The molecule has 0 aromatic rings. The zero-order valence-corrected chi connectivity index (χ0v) is 13.5. The van der Waals surface area contributed by atoms with Crippen molar-refractivity contribution in [3.8, 4) is 0 Å². The van der Waals surface area contributed by atoms with Gasteiger partial charge >= 0.3 is 0 Å². The van der Waals surface area contributed by atoms with Gasteiger partial charge < -0.3 is 15.4 Å². The van der Waals surface area contributed by atoms with E-state index in [-0.39, 0.29) is 43.3 Å². The molecular weight excluding hydrogens is 302 g/mol. The lowest BCUT2D eigenvalue weighted by atomic mass is 9.71. The van der Waals surface area contributed by atoms with E-state index in [1.807, 2.05) is 0 Å². The van der Waals surface area contributed by atoms with Crippen LogP contribution in [0.1, 0.15) is 38.5 Å². The second kappa shape index (κ2) is 10.3. The normalized spacial score (nSPS) is 17.4. The van der Waals surface area contributed by atoms with Crippen molar-refractivity contribution in [3.05, 3.63) is 0 Å². The number of alkyl halides is 2. The van der Waals surface area contributed by atoms with Crippen molar-refractivity contribution in [2.45, 2.75) is 45.0 Å². The van der Waals surface area contributed by atoms with Crippen LogP contribution in [-0.2, 0) is 9.53 Å². The Morgan fingerprint density at radius 1 is 1.33 bits per heavy atom. The number of hydrogen-bond donors (Lipinski definition) is 1. The number of amides is 1. The van der Waals surface area contributed by atoms with Gasteiger partial charge in [0, 0.05) is 20.1 Å². The third-order valence-corrected chi connectivity index (χ3v) is 4.15. The van der Waals surface area contributed by atoms with Crippen LogP contribution in [0.25, 0.3) is 0 Å². The van der Waals surface area contributed by atoms with E-state index in [1.54, 1.807) is 0 Å². The van der Waals surface area contributed by atoms with Gasteiger partial charge in [-0.1, -0.05) is 19.3 Å². The highest BCUT2D eigenvalue weighted by Crippen LogP contribution is 2.38. The number of ether oxygens (including phenoxy) is 1. The molecule has 21 heavy (non-hydrogen) atoms. The smallest absolute Gasteiger partial charge is 0.255 e. The first-order valence-electron chi connectivity index (χ1n) is 7.28. The van der Waals surface area contributed by atoms with Crippen molar-refractivity contribution >= 4 is 18.3 Å². The Morgan fingerprint density at radius 2 is 1.95 bits per heavy atom. The number of carbonyl (C=O) groups is 1. The molecule has 2 N–H and O–H groups in total. The molecule has 0 unspecified atom stereocenters. The Bertz CT molecular complexity index is 301. The number of nitrogens with two attached hydrogens (primary N) is 1. The van der Waals surface area contributed by atoms with Crippen LogP contribution in [0, 0.1) is 5.41 Å². The second-order valence-corrected chi connectivity index (χ2v) is 5.67. The fourth-order valence-corrected chi connectivity index (χ4v) is 2.87. The molecule has 0 heterocycles. The molecule has 1 saturated carbocycles. The average molecular weight is 329 g/mol. The monoisotopic (exact) mass is 328 g/mol. The maximum atomic E-state index is 12.6. The van der Waals surface area contributed by atoms with E-state index in [2.05, 4.69) is 0 Å². The van der Waals surface area contributed by atoms with Crippen molar-refractivity contribution in [1.29, 1.82) is 0 Å². The minimum atomic E-state index is -2.52. The summed E-state index contributed by atoms with van der Waals surface area (Å²) in [6.07, 6.45) is 2.90. The Balaban J connectivity index is 0.00000400. The van der Waals surface area contributed by atoms with Gasteiger partial charge in [0.15, 0.2) is 0 Å². The predicted octanol–water partition coefficient (Wildman–Crippen LogP) is 2.45. The highest BCUT2D eigenvalue weighted by Gasteiger charge is 2.34. The van der Waals surface area contributed by atoms with Crippen molar-refractivity contribution < 1.29 is 18.3 Å². The first kappa shape index (κ1) is 20.5. The van der Waals surface area contributed by atoms with Gasteiger partial charge in [-0.25, -0.2) is 8.78 Å². The Labute approximate surface area is 131 Å². The van der Waals surface area contributed by atoms with Gasteiger partial charge in [0.05, 0.1) is 13.2 Å². The molecule has 1 amide bonds. The number of hydrogen-bond acceptors (Lipinski definition) is 3. The minimum Gasteiger partial charge on any atom is -0.383 e. The van der Waals surface area contributed by atoms with Crippen molar-refractivity contribution in [1.82, 2.24) is 4.90 Å². The number of carbonyl (C=O) groups excluding carboxylic acids is 1. The summed E-state index contributed by atoms with van der Waals surface area (Å²) >= 11 is 0. The molecule has 1 aliphatic carbocycles. The molecule has 0 radical (unpaired) electrons. The second-order valence-electron chi connectivity index (χ2n) is 5.67. The largest absolute Gasteiger partial charge is 0.383 e. The molecule has 0 aromatic carbocycles. The highest BCUT2D eigenvalue weighted by molar-refractivity contribution is 5.85. The number of methoxy groups -OCH3 is 1. The molecule has 1 aliphatic rings. The molecule has 7 heteroatoms. The van der Waals surface area contributed by atoms with Gasteiger partial charge in [0.1, 0.15) is 0 Å². The summed E-state index contributed by atoms with van der Waals surface area (Å²) in [7, 11) is 1.49. The summed E-state index contributed by atoms with van der Waals surface area (Å²) in [5.41, 5.74) is 5.65. The molecule has 0 aliphatic heterocycles. The van der Waals surface area contributed by atoms with E-state index >= 15 is 0 Å². The van der Waals surface area contributed by atoms with Gasteiger partial charge in [0.25, 0.3) is 6.43 Å². The van der Waals surface area contributed by atoms with Crippen LogP contribution in [0.2, 0.25) is 0 Å². The summed E-state index contributed by atoms with van der Waals surface area (Å²) in [6.45, 7) is 0.406. The van der Waals surface area contributed by atoms with Crippen molar-refractivity contribution in [2.75, 3.05) is 33.4 Å². The summed E-state index contributed by atoms with van der Waals surface area (Å²) in [5, 5.41) is 0. The topological polar surface area (TPSA) is 55.6 Å². The molecule has 4 nitrogen and oxygen atoms in total. The predicted molar refractivity (Wildman–Crippen MR) is 80.9 cm³/mol. The first-order valence-corrected chi connectivity index (χ1v) is 7.28. The van der Waals surface area contributed by atoms with Crippen LogP contribution in [0.5, 0.6) is 0 Å². The third kappa shape index (κ3) is 6.89. The quantitative estimate of drug-likeness (QED) is 0.744. The zero-order valence-electron chi connectivity index (χ0n) is 12.7. The van der Waals surface area contributed by atoms with Crippen LogP contribution in [0.15, 0.2) is 0 Å². The Kier molecular flexibility index (Phi) is 10.1. The summed E-state index contributed by atoms with van der Waals surface area (Å²) < 4.78 is 30.0. The maximum Gasteiger partial charge on any atom is 0.255 e. The molecule has 126 valence electrons. The van der Waals surface area contributed by atoms with Crippen molar-refractivity contribution in [3.63, 3.8) is 0 Å². The maximum absolute atomic E-state index is 12.6. The third-order valence-electron chi connectivity index (χ3n) is 4.15. The number of nitrogens with zero attached hydrogens (tertiary/aromatic N) is 1. The molecule has 1 fully saturated rings. The molecular formula is C14H27ClF2N2O2. The van der Waals surface area contributed by atoms with Gasteiger partial charge in [-0.15, -0.1) is 12.4 Å². The summed E-state index contributed by atoms with van der Waals surface area (Å²) in [6, 6.07) is 0. The molecule has 0 aromatic heterocycles. The summed E-state index contributed by atoms with van der Waals surface area (Å²) in [5.74, 6) is -0.227. The van der Waals surface area contributed by atoms with E-state index < -0.39 is 13.0 Å². The first-order chi connectivity index (χ1) is 9.53. The van der Waals surface area contributed by atoms with Crippen LogP contribution in [-0.4, -0.2) is 50.6 Å².